The molecule has 0 saturated carbocycles. The van der Waals surface area contributed by atoms with Gasteiger partial charge in [-0.15, -0.1) is 0 Å². The number of ether oxygens (including phenoxy) is 1. The van der Waals surface area contributed by atoms with Crippen LogP contribution < -0.4 is 15.0 Å². The minimum atomic E-state index is -0.384. The van der Waals surface area contributed by atoms with Crippen molar-refractivity contribution in [3.05, 3.63) is 53.6 Å². The van der Waals surface area contributed by atoms with Gasteiger partial charge in [0.05, 0.1) is 12.5 Å². The molecule has 0 bridgehead atoms. The van der Waals surface area contributed by atoms with Crippen LogP contribution in [-0.4, -0.2) is 25.0 Å². The van der Waals surface area contributed by atoms with Gasteiger partial charge in [-0.25, -0.2) is 0 Å². The molecule has 5 nitrogen and oxygen atoms in total. The number of nitrogens with one attached hydrogen (secondary N) is 1. The van der Waals surface area contributed by atoms with Crippen molar-refractivity contribution >= 4 is 34.8 Å². The molecular weight excluding hydrogens is 376 g/mol. The molecule has 148 valence electrons. The van der Waals surface area contributed by atoms with Crippen LogP contribution in [0.5, 0.6) is 5.75 Å². The molecule has 1 heterocycles. The molecule has 3 rings (SSSR count). The first-order chi connectivity index (χ1) is 13.4. The van der Waals surface area contributed by atoms with E-state index in [1.807, 2.05) is 24.3 Å². The van der Waals surface area contributed by atoms with Gasteiger partial charge in [-0.1, -0.05) is 25.4 Å². The minimum Gasteiger partial charge on any atom is -0.494 e. The van der Waals surface area contributed by atoms with Crippen LogP contribution in [0, 0.1) is 11.8 Å². The Morgan fingerprint density at radius 2 is 1.86 bits per heavy atom. The Bertz CT molecular complexity index is 819. The van der Waals surface area contributed by atoms with Gasteiger partial charge in [-0.3, -0.25) is 9.59 Å². The van der Waals surface area contributed by atoms with Crippen LogP contribution >= 0.6 is 11.6 Å². The predicted octanol–water partition coefficient (Wildman–Crippen LogP) is 4.76. The SMILES string of the molecule is CC(C)CCOc1ccc(NC(=O)[C@H]2CC(=O)N(c3ccc(Cl)cc3)C2)cc1. The van der Waals surface area contributed by atoms with Crippen molar-refractivity contribution < 1.29 is 14.3 Å². The van der Waals surface area contributed by atoms with E-state index < -0.39 is 0 Å². The van der Waals surface area contributed by atoms with E-state index in [9.17, 15) is 9.59 Å². The third-order valence-corrected chi connectivity index (χ3v) is 4.97. The topological polar surface area (TPSA) is 58.6 Å². The Balaban J connectivity index is 1.54. The molecule has 0 radical (unpaired) electrons. The molecule has 0 aromatic heterocycles. The summed E-state index contributed by atoms with van der Waals surface area (Å²) >= 11 is 5.90. The maximum absolute atomic E-state index is 12.6. The van der Waals surface area contributed by atoms with E-state index in [1.165, 1.54) is 0 Å². The van der Waals surface area contributed by atoms with E-state index in [1.54, 1.807) is 29.2 Å². The van der Waals surface area contributed by atoms with Gasteiger partial charge in [0.15, 0.2) is 0 Å². The molecule has 1 fully saturated rings. The number of carbonyl (C=O) groups is 2. The van der Waals surface area contributed by atoms with Crippen LogP contribution in [0.15, 0.2) is 48.5 Å². The van der Waals surface area contributed by atoms with Gasteiger partial charge >= 0.3 is 0 Å². The number of hydrogen-bond acceptors (Lipinski definition) is 3. The molecule has 2 aromatic carbocycles. The molecule has 1 aliphatic heterocycles. The third kappa shape index (κ3) is 5.26. The zero-order valence-electron chi connectivity index (χ0n) is 16.2. The largest absolute Gasteiger partial charge is 0.494 e. The molecule has 28 heavy (non-hydrogen) atoms. The van der Waals surface area contributed by atoms with Gasteiger partial charge in [0, 0.05) is 29.4 Å². The molecular formula is C22H25ClN2O3. The van der Waals surface area contributed by atoms with Crippen LogP contribution in [0.25, 0.3) is 0 Å². The maximum Gasteiger partial charge on any atom is 0.229 e. The third-order valence-electron chi connectivity index (χ3n) is 4.72. The summed E-state index contributed by atoms with van der Waals surface area (Å²) in [5, 5.41) is 3.50. The second-order valence-corrected chi connectivity index (χ2v) is 7.86. The highest BCUT2D eigenvalue weighted by atomic mass is 35.5. The first-order valence-electron chi connectivity index (χ1n) is 9.52. The van der Waals surface area contributed by atoms with Gasteiger partial charge in [-0.2, -0.15) is 0 Å². The highest BCUT2D eigenvalue weighted by Gasteiger charge is 2.35. The van der Waals surface area contributed by atoms with Gasteiger partial charge in [0.2, 0.25) is 11.8 Å². The van der Waals surface area contributed by atoms with Crippen molar-refractivity contribution in [1.82, 2.24) is 0 Å². The summed E-state index contributed by atoms with van der Waals surface area (Å²) in [6.45, 7) is 5.35. The molecule has 1 N–H and O–H groups in total. The van der Waals surface area contributed by atoms with E-state index >= 15 is 0 Å². The predicted molar refractivity (Wildman–Crippen MR) is 112 cm³/mol. The first kappa shape index (κ1) is 20.2. The smallest absolute Gasteiger partial charge is 0.229 e. The fourth-order valence-corrected chi connectivity index (χ4v) is 3.17. The van der Waals surface area contributed by atoms with E-state index in [-0.39, 0.29) is 24.2 Å². The molecule has 1 saturated heterocycles. The van der Waals surface area contributed by atoms with Crippen LogP contribution in [0.3, 0.4) is 0 Å². The lowest BCUT2D eigenvalue weighted by atomic mass is 10.1. The fourth-order valence-electron chi connectivity index (χ4n) is 3.05. The number of nitrogens with zero attached hydrogens (tertiary/aromatic N) is 1. The standard InChI is InChI=1S/C22H25ClN2O3/c1-15(2)11-12-28-20-9-5-18(6-10-20)24-22(27)16-13-21(26)25(14-16)19-7-3-17(23)4-8-19/h3-10,15-16H,11-14H2,1-2H3,(H,24,27)/t16-/m0/s1. The lowest BCUT2D eigenvalue weighted by Gasteiger charge is -2.17. The second-order valence-electron chi connectivity index (χ2n) is 7.43. The summed E-state index contributed by atoms with van der Waals surface area (Å²) in [4.78, 5) is 26.5. The first-order valence-corrected chi connectivity index (χ1v) is 9.90. The summed E-state index contributed by atoms with van der Waals surface area (Å²) in [7, 11) is 0. The van der Waals surface area contributed by atoms with Gasteiger partial charge in [0.25, 0.3) is 0 Å². The quantitative estimate of drug-likeness (QED) is 0.729. The Morgan fingerprint density at radius 3 is 2.50 bits per heavy atom. The van der Waals surface area contributed by atoms with Crippen molar-refractivity contribution in [3.63, 3.8) is 0 Å². The van der Waals surface area contributed by atoms with Crippen LogP contribution in [-0.2, 0) is 9.59 Å². The number of benzene rings is 2. The Morgan fingerprint density at radius 1 is 1.18 bits per heavy atom. The number of anilines is 2. The lowest BCUT2D eigenvalue weighted by molar-refractivity contribution is -0.122. The van der Waals surface area contributed by atoms with Crippen molar-refractivity contribution in [2.24, 2.45) is 11.8 Å². The monoisotopic (exact) mass is 400 g/mol. The molecule has 6 heteroatoms. The van der Waals surface area contributed by atoms with Gasteiger partial charge in [-0.05, 0) is 60.9 Å². The molecule has 0 aliphatic carbocycles. The summed E-state index contributed by atoms with van der Waals surface area (Å²) in [5.41, 5.74) is 1.45. The zero-order valence-corrected chi connectivity index (χ0v) is 16.9. The van der Waals surface area contributed by atoms with Crippen molar-refractivity contribution in [2.75, 3.05) is 23.4 Å². The van der Waals surface area contributed by atoms with Crippen molar-refractivity contribution in [3.8, 4) is 5.75 Å². The molecule has 1 aliphatic rings. The molecule has 0 spiro atoms. The number of hydrogen-bond donors (Lipinski definition) is 1. The summed E-state index contributed by atoms with van der Waals surface area (Å²) in [5.74, 6) is 0.781. The van der Waals surface area contributed by atoms with Gasteiger partial charge < -0.3 is 15.0 Å². The van der Waals surface area contributed by atoms with E-state index in [2.05, 4.69) is 19.2 Å². The normalized spacial score (nSPS) is 16.5. The number of carbonyl (C=O) groups excluding carboxylic acids is 2. The Hall–Kier alpha value is -2.53. The van der Waals surface area contributed by atoms with Crippen LogP contribution in [0.2, 0.25) is 5.02 Å². The van der Waals surface area contributed by atoms with Crippen LogP contribution in [0.4, 0.5) is 11.4 Å². The number of halogens is 1. The molecule has 1 atom stereocenters. The molecule has 2 amide bonds. The highest BCUT2D eigenvalue weighted by molar-refractivity contribution is 6.30. The number of amides is 2. The fraction of sp³-hybridized carbons (Fsp3) is 0.364. The van der Waals surface area contributed by atoms with Crippen LogP contribution in [0.1, 0.15) is 26.7 Å². The summed E-state index contributed by atoms with van der Waals surface area (Å²) in [6.07, 6.45) is 1.20. The summed E-state index contributed by atoms with van der Waals surface area (Å²) < 4.78 is 5.69. The van der Waals surface area contributed by atoms with Gasteiger partial charge in [0.1, 0.15) is 5.75 Å². The van der Waals surface area contributed by atoms with E-state index in [0.29, 0.717) is 29.8 Å². The minimum absolute atomic E-state index is 0.0589. The Kier molecular flexibility index (Phi) is 6.57. The zero-order chi connectivity index (χ0) is 20.1. The summed E-state index contributed by atoms with van der Waals surface area (Å²) in [6, 6.07) is 14.4. The average Bonchev–Trinajstić information content (AvgIpc) is 3.05. The van der Waals surface area contributed by atoms with Crippen molar-refractivity contribution in [2.45, 2.75) is 26.7 Å². The molecule has 0 unspecified atom stereocenters. The number of rotatable bonds is 7. The maximum atomic E-state index is 12.6. The highest BCUT2D eigenvalue weighted by Crippen LogP contribution is 2.27. The molecule has 2 aromatic rings. The second kappa shape index (κ2) is 9.11. The van der Waals surface area contributed by atoms with Crippen molar-refractivity contribution in [1.29, 1.82) is 0 Å². The Labute approximate surface area is 170 Å². The van der Waals surface area contributed by atoms with E-state index in [0.717, 1.165) is 17.9 Å². The van der Waals surface area contributed by atoms with E-state index in [4.69, 9.17) is 16.3 Å². The average molecular weight is 401 g/mol. The lowest BCUT2D eigenvalue weighted by Crippen LogP contribution is -2.28.